The molecule has 5 nitrogen and oxygen atoms in total. The van der Waals surface area contributed by atoms with E-state index in [9.17, 15) is 9.59 Å². The molecule has 2 fully saturated rings. The largest absolute Gasteiger partial charge is 0.338 e. The van der Waals surface area contributed by atoms with Crippen LogP contribution in [-0.4, -0.2) is 52.5 Å². The zero-order valence-electron chi connectivity index (χ0n) is 15.7. The lowest BCUT2D eigenvalue weighted by Crippen LogP contribution is -2.61. The lowest BCUT2D eigenvalue weighted by Gasteiger charge is -2.46. The standard InChI is InChI=1S/C20H29N3O2/c1-5-15(3)23-18(24)16(4)21-20(23)10-12-22(13-11-20)19(25)17-8-6-14(2)7-9-17/h6-9,15-16,21H,5,10-13H2,1-4H3. The van der Waals surface area contributed by atoms with Gasteiger partial charge >= 0.3 is 0 Å². The van der Waals surface area contributed by atoms with E-state index in [4.69, 9.17) is 0 Å². The number of nitrogens with one attached hydrogen (secondary N) is 1. The van der Waals surface area contributed by atoms with Gasteiger partial charge in [0.05, 0.1) is 11.7 Å². The van der Waals surface area contributed by atoms with Crippen LogP contribution >= 0.6 is 0 Å². The van der Waals surface area contributed by atoms with Gasteiger partial charge in [0.25, 0.3) is 5.91 Å². The summed E-state index contributed by atoms with van der Waals surface area (Å²) < 4.78 is 0. The summed E-state index contributed by atoms with van der Waals surface area (Å²) in [5.74, 6) is 0.273. The molecule has 1 N–H and O–H groups in total. The molecule has 136 valence electrons. The molecule has 0 aliphatic carbocycles. The molecule has 2 heterocycles. The highest BCUT2D eigenvalue weighted by molar-refractivity contribution is 5.94. The van der Waals surface area contributed by atoms with E-state index < -0.39 is 0 Å². The van der Waals surface area contributed by atoms with Gasteiger partial charge in [0.15, 0.2) is 0 Å². The number of nitrogens with zero attached hydrogens (tertiary/aromatic N) is 2. The van der Waals surface area contributed by atoms with Crippen molar-refractivity contribution in [2.24, 2.45) is 0 Å². The molecule has 0 saturated carbocycles. The van der Waals surface area contributed by atoms with Crippen LogP contribution in [0, 0.1) is 6.92 Å². The second-order valence-electron chi connectivity index (χ2n) is 7.52. The lowest BCUT2D eigenvalue weighted by molar-refractivity contribution is -0.135. The minimum absolute atomic E-state index is 0.0855. The zero-order chi connectivity index (χ0) is 18.2. The Hall–Kier alpha value is -1.88. The Morgan fingerprint density at radius 1 is 1.28 bits per heavy atom. The number of carbonyl (C=O) groups is 2. The fourth-order valence-corrected chi connectivity index (χ4v) is 4.12. The van der Waals surface area contributed by atoms with Crippen LogP contribution in [-0.2, 0) is 4.79 Å². The summed E-state index contributed by atoms with van der Waals surface area (Å²) in [5, 5.41) is 3.53. The number of hydrogen-bond acceptors (Lipinski definition) is 3. The number of carbonyl (C=O) groups excluding carboxylic acids is 2. The highest BCUT2D eigenvalue weighted by atomic mass is 16.2. The SMILES string of the molecule is CCC(C)N1C(=O)C(C)NC12CCN(C(=O)c1ccc(C)cc1)CC2. The predicted molar refractivity (Wildman–Crippen MR) is 98.2 cm³/mol. The molecule has 5 heteroatoms. The molecule has 3 rings (SSSR count). The molecule has 0 aromatic heterocycles. The van der Waals surface area contributed by atoms with E-state index in [1.807, 2.05) is 47.9 Å². The van der Waals surface area contributed by atoms with Crippen molar-refractivity contribution in [3.8, 4) is 0 Å². The molecule has 0 radical (unpaired) electrons. The Labute approximate surface area is 150 Å². The number of aryl methyl sites for hydroxylation is 1. The van der Waals surface area contributed by atoms with E-state index in [0.717, 1.165) is 30.4 Å². The summed E-state index contributed by atoms with van der Waals surface area (Å²) in [6.45, 7) is 9.54. The summed E-state index contributed by atoms with van der Waals surface area (Å²) in [6.07, 6.45) is 2.50. The third-order valence-electron chi connectivity index (χ3n) is 5.76. The van der Waals surface area contributed by atoms with Crippen LogP contribution in [0.15, 0.2) is 24.3 Å². The number of benzene rings is 1. The van der Waals surface area contributed by atoms with E-state index in [1.165, 1.54) is 0 Å². The zero-order valence-corrected chi connectivity index (χ0v) is 15.7. The summed E-state index contributed by atoms with van der Waals surface area (Å²) in [5.41, 5.74) is 1.60. The molecule has 25 heavy (non-hydrogen) atoms. The number of hydrogen-bond donors (Lipinski definition) is 1. The molecular formula is C20H29N3O2. The van der Waals surface area contributed by atoms with Crippen molar-refractivity contribution in [3.63, 3.8) is 0 Å². The maximum atomic E-state index is 12.7. The minimum Gasteiger partial charge on any atom is -0.338 e. The quantitative estimate of drug-likeness (QED) is 0.918. The highest BCUT2D eigenvalue weighted by Gasteiger charge is 2.51. The van der Waals surface area contributed by atoms with Crippen molar-refractivity contribution in [2.45, 2.75) is 64.7 Å². The summed E-state index contributed by atoms with van der Waals surface area (Å²) >= 11 is 0. The molecule has 2 aliphatic rings. The van der Waals surface area contributed by atoms with E-state index in [0.29, 0.717) is 13.1 Å². The van der Waals surface area contributed by atoms with Gasteiger partial charge in [-0.1, -0.05) is 24.6 Å². The molecule has 2 atom stereocenters. The predicted octanol–water partition coefficient (Wildman–Crippen LogP) is 2.55. The van der Waals surface area contributed by atoms with Crippen molar-refractivity contribution in [1.82, 2.24) is 15.1 Å². The van der Waals surface area contributed by atoms with Gasteiger partial charge in [-0.05, 0) is 39.3 Å². The van der Waals surface area contributed by atoms with Gasteiger partial charge in [0.2, 0.25) is 5.91 Å². The van der Waals surface area contributed by atoms with Crippen LogP contribution in [0.3, 0.4) is 0 Å². The summed E-state index contributed by atoms with van der Waals surface area (Å²) in [7, 11) is 0. The summed E-state index contributed by atoms with van der Waals surface area (Å²) in [4.78, 5) is 29.3. The van der Waals surface area contributed by atoms with Gasteiger partial charge in [0.1, 0.15) is 0 Å². The molecule has 2 aliphatic heterocycles. The van der Waals surface area contributed by atoms with Crippen molar-refractivity contribution in [2.75, 3.05) is 13.1 Å². The Morgan fingerprint density at radius 2 is 1.88 bits per heavy atom. The maximum absolute atomic E-state index is 12.7. The average Bonchev–Trinajstić information content (AvgIpc) is 2.85. The van der Waals surface area contributed by atoms with Crippen molar-refractivity contribution < 1.29 is 9.59 Å². The van der Waals surface area contributed by atoms with Crippen LogP contribution in [0.2, 0.25) is 0 Å². The average molecular weight is 343 g/mol. The van der Waals surface area contributed by atoms with Gasteiger partial charge in [-0.3, -0.25) is 14.9 Å². The van der Waals surface area contributed by atoms with Crippen LogP contribution in [0.1, 0.15) is 56.0 Å². The second-order valence-corrected chi connectivity index (χ2v) is 7.52. The number of piperidine rings is 1. The van der Waals surface area contributed by atoms with Crippen molar-refractivity contribution in [1.29, 1.82) is 0 Å². The number of amides is 2. The first-order valence-corrected chi connectivity index (χ1v) is 9.35. The number of likely N-dealkylation sites (tertiary alicyclic amines) is 1. The fourth-order valence-electron chi connectivity index (χ4n) is 4.12. The van der Waals surface area contributed by atoms with Crippen LogP contribution in [0.25, 0.3) is 0 Å². The van der Waals surface area contributed by atoms with Gasteiger partial charge in [-0.25, -0.2) is 0 Å². The Kier molecular flexibility index (Phi) is 4.87. The Bertz CT molecular complexity index is 647. The molecule has 2 unspecified atom stereocenters. The van der Waals surface area contributed by atoms with Gasteiger partial charge in [-0.15, -0.1) is 0 Å². The molecule has 1 aromatic rings. The molecule has 2 saturated heterocycles. The second kappa shape index (κ2) is 6.79. The van der Waals surface area contributed by atoms with Gasteiger partial charge < -0.3 is 9.80 Å². The number of rotatable bonds is 3. The summed E-state index contributed by atoms with van der Waals surface area (Å²) in [6, 6.07) is 7.81. The first-order chi connectivity index (χ1) is 11.9. The highest BCUT2D eigenvalue weighted by Crippen LogP contribution is 2.35. The smallest absolute Gasteiger partial charge is 0.253 e. The van der Waals surface area contributed by atoms with E-state index in [-0.39, 0.29) is 29.6 Å². The topological polar surface area (TPSA) is 52.7 Å². The first-order valence-electron chi connectivity index (χ1n) is 9.35. The molecule has 2 amide bonds. The molecule has 0 bridgehead atoms. The minimum atomic E-state index is -0.296. The Morgan fingerprint density at radius 3 is 2.44 bits per heavy atom. The maximum Gasteiger partial charge on any atom is 0.253 e. The Balaban J connectivity index is 1.73. The molecule has 1 spiro atoms. The first kappa shape index (κ1) is 17.9. The van der Waals surface area contributed by atoms with Gasteiger partial charge in [0, 0.05) is 37.5 Å². The van der Waals surface area contributed by atoms with Crippen LogP contribution < -0.4 is 5.32 Å². The third-order valence-corrected chi connectivity index (χ3v) is 5.76. The third kappa shape index (κ3) is 3.17. The van der Waals surface area contributed by atoms with Crippen molar-refractivity contribution in [3.05, 3.63) is 35.4 Å². The monoisotopic (exact) mass is 343 g/mol. The molecular weight excluding hydrogens is 314 g/mol. The van der Waals surface area contributed by atoms with Crippen molar-refractivity contribution >= 4 is 11.8 Å². The van der Waals surface area contributed by atoms with Crippen LogP contribution in [0.4, 0.5) is 0 Å². The fraction of sp³-hybridized carbons (Fsp3) is 0.600. The van der Waals surface area contributed by atoms with Crippen LogP contribution in [0.5, 0.6) is 0 Å². The molecule has 1 aromatic carbocycles. The normalized spacial score (nSPS) is 24.0. The van der Waals surface area contributed by atoms with E-state index >= 15 is 0 Å². The van der Waals surface area contributed by atoms with E-state index in [1.54, 1.807) is 0 Å². The van der Waals surface area contributed by atoms with Gasteiger partial charge in [-0.2, -0.15) is 0 Å². The van der Waals surface area contributed by atoms with E-state index in [2.05, 4.69) is 19.2 Å². The lowest BCUT2D eigenvalue weighted by atomic mass is 9.93.